The van der Waals surface area contributed by atoms with Crippen molar-refractivity contribution in [2.24, 2.45) is 5.92 Å². The zero-order valence-electron chi connectivity index (χ0n) is 32.1. The molecule has 52 heavy (non-hydrogen) atoms. The second-order valence-electron chi connectivity index (χ2n) is 15.3. The van der Waals surface area contributed by atoms with Crippen molar-refractivity contribution in [1.29, 1.82) is 0 Å². The predicted octanol–water partition coefficient (Wildman–Crippen LogP) is 10.7. The third-order valence-electron chi connectivity index (χ3n) is 11.8. The number of hydrogen-bond acceptors (Lipinski definition) is 0. The van der Waals surface area contributed by atoms with Gasteiger partial charge in [0, 0.05) is 0 Å². The molecule has 0 saturated heterocycles. The fourth-order valence-corrected chi connectivity index (χ4v) is 15.3. The number of hydrogen-bond donors (Lipinski definition) is 0. The molecule has 0 radical (unpaired) electrons. The molecule has 0 N–H and O–H groups in total. The van der Waals surface area contributed by atoms with E-state index in [1.807, 2.05) is 0 Å². The molecular weight excluding hydrogens is 641 g/mol. The lowest BCUT2D eigenvalue weighted by Crippen LogP contribution is -2.72. The number of benzene rings is 6. The van der Waals surface area contributed by atoms with E-state index in [-0.39, 0.29) is 0 Å². The maximum Gasteiger partial charge on any atom is 0.177 e. The molecule has 0 bridgehead atoms. The van der Waals surface area contributed by atoms with Crippen LogP contribution in [-0.2, 0) is 19.3 Å². The SMILES string of the molecule is CC1=C(C)C(C)C([Si](c2ccc(C)cc2Cc2ccccc2)(c2ccc(C)cc2Cc2ccccc2)c2ccc(C)cc2Cc2ccccc2)=C1C. The van der Waals surface area contributed by atoms with Crippen molar-refractivity contribution in [3.63, 3.8) is 0 Å². The Morgan fingerprint density at radius 1 is 0.404 bits per heavy atom. The zero-order valence-corrected chi connectivity index (χ0v) is 33.1. The van der Waals surface area contributed by atoms with Crippen LogP contribution in [0.3, 0.4) is 0 Å². The first-order valence-corrected chi connectivity index (χ1v) is 21.0. The third-order valence-corrected chi connectivity index (χ3v) is 17.3. The summed E-state index contributed by atoms with van der Waals surface area (Å²) >= 11 is 0. The van der Waals surface area contributed by atoms with Crippen molar-refractivity contribution in [3.8, 4) is 0 Å². The van der Waals surface area contributed by atoms with E-state index in [4.69, 9.17) is 0 Å². The van der Waals surface area contributed by atoms with Crippen molar-refractivity contribution < 1.29 is 0 Å². The molecule has 1 heteroatoms. The van der Waals surface area contributed by atoms with Crippen LogP contribution in [0.25, 0.3) is 0 Å². The lowest BCUT2D eigenvalue weighted by Gasteiger charge is -2.42. The monoisotopic (exact) mass is 692 g/mol. The van der Waals surface area contributed by atoms with Crippen LogP contribution < -0.4 is 15.6 Å². The molecule has 1 aliphatic rings. The molecule has 0 amide bonds. The molecule has 260 valence electrons. The van der Waals surface area contributed by atoms with Gasteiger partial charge in [-0.2, -0.15) is 0 Å². The van der Waals surface area contributed by atoms with Crippen molar-refractivity contribution >= 4 is 23.6 Å². The second kappa shape index (κ2) is 14.9. The van der Waals surface area contributed by atoms with Gasteiger partial charge in [0.25, 0.3) is 0 Å². The lowest BCUT2D eigenvalue weighted by molar-refractivity contribution is 0.851. The summed E-state index contributed by atoms with van der Waals surface area (Å²) in [6.07, 6.45) is 2.70. The Hall–Kier alpha value is -4.98. The van der Waals surface area contributed by atoms with Crippen molar-refractivity contribution in [2.75, 3.05) is 0 Å². The highest BCUT2D eigenvalue weighted by molar-refractivity contribution is 7.17. The highest BCUT2D eigenvalue weighted by Gasteiger charge is 2.50. The molecule has 0 nitrogen and oxygen atoms in total. The lowest BCUT2D eigenvalue weighted by atomic mass is 10.0. The van der Waals surface area contributed by atoms with Gasteiger partial charge in [-0.25, -0.2) is 0 Å². The van der Waals surface area contributed by atoms with Gasteiger partial charge < -0.3 is 0 Å². The van der Waals surface area contributed by atoms with Crippen LogP contribution in [0.2, 0.25) is 0 Å². The van der Waals surface area contributed by atoms with E-state index in [1.165, 1.54) is 82.4 Å². The summed E-state index contributed by atoms with van der Waals surface area (Å²) in [7, 11) is -3.03. The second-order valence-corrected chi connectivity index (χ2v) is 18.9. The first-order valence-electron chi connectivity index (χ1n) is 19.0. The van der Waals surface area contributed by atoms with Crippen molar-refractivity contribution in [2.45, 2.75) is 67.7 Å². The topological polar surface area (TPSA) is 0 Å². The van der Waals surface area contributed by atoms with Crippen LogP contribution in [-0.4, -0.2) is 8.07 Å². The van der Waals surface area contributed by atoms with Crippen LogP contribution in [0.1, 0.15) is 77.8 Å². The fraction of sp³-hybridized carbons (Fsp3) is 0.216. The van der Waals surface area contributed by atoms with Crippen molar-refractivity contribution in [1.82, 2.24) is 0 Å². The van der Waals surface area contributed by atoms with Gasteiger partial charge in [0.15, 0.2) is 8.07 Å². The molecular formula is C51H52Si. The summed E-state index contributed by atoms with van der Waals surface area (Å²) in [5.74, 6) is 0.328. The van der Waals surface area contributed by atoms with Gasteiger partial charge in [0.05, 0.1) is 0 Å². The quantitative estimate of drug-likeness (QED) is 0.0990. The molecule has 7 rings (SSSR count). The van der Waals surface area contributed by atoms with E-state index in [1.54, 1.807) is 5.20 Å². The Morgan fingerprint density at radius 3 is 1.02 bits per heavy atom. The molecule has 6 aromatic rings. The van der Waals surface area contributed by atoms with E-state index in [0.29, 0.717) is 5.92 Å². The minimum Gasteiger partial charge on any atom is -0.0636 e. The van der Waals surface area contributed by atoms with Crippen LogP contribution >= 0.6 is 0 Å². The largest absolute Gasteiger partial charge is 0.177 e. The van der Waals surface area contributed by atoms with E-state index in [2.05, 4.69) is 194 Å². The fourth-order valence-electron chi connectivity index (χ4n) is 8.99. The Labute approximate surface area is 313 Å². The van der Waals surface area contributed by atoms with Gasteiger partial charge >= 0.3 is 0 Å². The van der Waals surface area contributed by atoms with Gasteiger partial charge in [-0.15, -0.1) is 0 Å². The molecule has 0 spiro atoms. The molecule has 1 unspecified atom stereocenters. The summed E-state index contributed by atoms with van der Waals surface area (Å²) in [6, 6.07) is 55.7. The Kier molecular flexibility index (Phi) is 10.2. The number of aryl methyl sites for hydroxylation is 3. The van der Waals surface area contributed by atoms with Crippen LogP contribution in [0.15, 0.2) is 168 Å². The maximum atomic E-state index is 2.55. The summed E-state index contributed by atoms with van der Waals surface area (Å²) in [5.41, 5.74) is 16.8. The first kappa shape index (κ1) is 35.4. The average Bonchev–Trinajstić information content (AvgIpc) is 3.33. The Balaban J connectivity index is 1.66. The molecule has 0 aromatic heterocycles. The van der Waals surface area contributed by atoms with E-state index < -0.39 is 8.07 Å². The Morgan fingerprint density at radius 2 is 0.731 bits per heavy atom. The summed E-state index contributed by atoms with van der Waals surface area (Å²) < 4.78 is 0. The van der Waals surface area contributed by atoms with Gasteiger partial charge in [-0.05, 0) is 121 Å². The zero-order chi connectivity index (χ0) is 36.4. The number of allylic oxidation sites excluding steroid dienone is 4. The molecule has 0 heterocycles. The summed E-state index contributed by atoms with van der Waals surface area (Å²) in [6.45, 7) is 16.5. The summed E-state index contributed by atoms with van der Waals surface area (Å²) in [5, 5.41) is 6.24. The predicted molar refractivity (Wildman–Crippen MR) is 226 cm³/mol. The van der Waals surface area contributed by atoms with Gasteiger partial charge in [0.2, 0.25) is 0 Å². The van der Waals surface area contributed by atoms with Crippen LogP contribution in [0.5, 0.6) is 0 Å². The summed E-state index contributed by atoms with van der Waals surface area (Å²) in [4.78, 5) is 0. The van der Waals surface area contributed by atoms with Gasteiger partial charge in [-0.3, -0.25) is 0 Å². The smallest absolute Gasteiger partial charge is 0.0636 e. The first-order chi connectivity index (χ1) is 25.2. The molecule has 0 aliphatic heterocycles. The van der Waals surface area contributed by atoms with Gasteiger partial charge in [-0.1, -0.05) is 186 Å². The van der Waals surface area contributed by atoms with Crippen molar-refractivity contribution in [3.05, 3.63) is 218 Å². The molecule has 0 fully saturated rings. The maximum absolute atomic E-state index is 3.03. The van der Waals surface area contributed by atoms with E-state index >= 15 is 0 Å². The minimum absolute atomic E-state index is 0.328. The normalized spacial score (nSPS) is 14.7. The third kappa shape index (κ3) is 6.71. The molecule has 6 aromatic carbocycles. The Bertz CT molecular complexity index is 2050. The molecule has 1 aliphatic carbocycles. The minimum atomic E-state index is -3.03. The highest BCUT2D eigenvalue weighted by atomic mass is 28.3. The number of rotatable bonds is 10. The molecule has 0 saturated carbocycles. The van der Waals surface area contributed by atoms with E-state index in [0.717, 1.165) is 19.3 Å². The van der Waals surface area contributed by atoms with Crippen LogP contribution in [0, 0.1) is 26.7 Å². The average molecular weight is 693 g/mol. The standard InChI is InChI=1S/C51H52Si/c1-35-23-26-48(45(29-35)32-42-17-11-8-12-18-42)52(51-40(6)38(4)39(5)41(51)7,49-27-24-36(2)30-46(49)33-43-19-13-9-14-20-43)50-28-25-37(3)31-47(50)34-44-21-15-10-16-22-44/h8-31,40H,32-34H2,1-7H3. The highest BCUT2D eigenvalue weighted by Crippen LogP contribution is 2.42. The van der Waals surface area contributed by atoms with Crippen LogP contribution in [0.4, 0.5) is 0 Å². The van der Waals surface area contributed by atoms with Gasteiger partial charge in [0.1, 0.15) is 0 Å². The molecule has 1 atom stereocenters. The van der Waals surface area contributed by atoms with E-state index in [9.17, 15) is 0 Å².